The van der Waals surface area contributed by atoms with Crippen LogP contribution in [0, 0.1) is 0 Å². The molecule has 3 N–H and O–H groups in total. The number of amides is 2. The van der Waals surface area contributed by atoms with Crippen LogP contribution < -0.4 is 11.1 Å². The number of carbonyl (C=O) groups excluding carboxylic acids is 2. The van der Waals surface area contributed by atoms with Gasteiger partial charge in [0.05, 0.1) is 11.7 Å². The summed E-state index contributed by atoms with van der Waals surface area (Å²) in [7, 11) is 0. The lowest BCUT2D eigenvalue weighted by atomic mass is 10.1. The predicted molar refractivity (Wildman–Crippen MR) is 83.0 cm³/mol. The summed E-state index contributed by atoms with van der Waals surface area (Å²) in [6, 6.07) is 8.07. The number of ether oxygens (including phenoxy) is 2. The predicted octanol–water partition coefficient (Wildman–Crippen LogP) is 1.97. The average Bonchev–Trinajstić information content (AvgIpc) is 2.52. The molecule has 0 radical (unpaired) electrons. The van der Waals surface area contributed by atoms with Gasteiger partial charge in [0.2, 0.25) is 5.91 Å². The van der Waals surface area contributed by atoms with Gasteiger partial charge in [0.1, 0.15) is 12.6 Å². The van der Waals surface area contributed by atoms with Crippen molar-refractivity contribution >= 4 is 12.0 Å². The number of carbonyl (C=O) groups is 2. The molecular formula is C16H24N2O4. The van der Waals surface area contributed by atoms with Gasteiger partial charge in [-0.05, 0) is 33.2 Å². The minimum absolute atomic E-state index is 0.0325. The van der Waals surface area contributed by atoms with E-state index in [1.165, 1.54) is 0 Å². The number of hydrogen-bond acceptors (Lipinski definition) is 5. The van der Waals surface area contributed by atoms with Crippen molar-refractivity contribution in [2.75, 3.05) is 0 Å². The maximum absolute atomic E-state index is 11.9. The molecule has 2 amide bonds. The number of alkyl carbamates (subject to hydrolysis) is 1. The molecule has 0 saturated carbocycles. The van der Waals surface area contributed by atoms with Crippen molar-refractivity contribution in [3.8, 4) is 0 Å². The molecule has 0 heterocycles. The van der Waals surface area contributed by atoms with Crippen LogP contribution in [-0.2, 0) is 20.9 Å². The van der Waals surface area contributed by atoms with Crippen LogP contribution in [0.25, 0.3) is 0 Å². The second-order valence-corrected chi connectivity index (χ2v) is 5.66. The monoisotopic (exact) mass is 309 g/mol. The fourth-order valence-electron chi connectivity index (χ4n) is 1.73. The Bertz CT molecular complexity index is 522. The third kappa shape index (κ3) is 6.69. The largest absolute Gasteiger partial charge is 0.444 e. The van der Waals surface area contributed by atoms with Gasteiger partial charge < -0.3 is 15.2 Å². The van der Waals surface area contributed by atoms with Crippen LogP contribution in [0.5, 0.6) is 0 Å². The fraction of sp³-hybridized carbons (Fsp3) is 0.500. The standard InChI is InChI=1S/C16H24N2O4/c1-11(22-16(2,3)4)13(17)14(19)18-15(20)21-10-12-8-6-5-7-9-12/h5-9,11,13H,10,17H2,1-4H3,(H,18,19,20)/t11-,13+/m1/s1/i2D. The minimum atomic E-state index is -1.04. The van der Waals surface area contributed by atoms with E-state index in [0.29, 0.717) is 0 Å². The molecule has 0 aliphatic carbocycles. The van der Waals surface area contributed by atoms with E-state index in [-0.39, 0.29) is 13.5 Å². The summed E-state index contributed by atoms with van der Waals surface area (Å²) >= 11 is 0. The molecule has 0 saturated heterocycles. The van der Waals surface area contributed by atoms with Crippen LogP contribution >= 0.6 is 0 Å². The summed E-state index contributed by atoms with van der Waals surface area (Å²) in [5.41, 5.74) is 5.87. The third-order valence-electron chi connectivity index (χ3n) is 2.75. The van der Waals surface area contributed by atoms with E-state index in [1.807, 2.05) is 18.2 Å². The molecule has 0 spiro atoms. The number of hydrogen-bond donors (Lipinski definition) is 2. The van der Waals surface area contributed by atoms with E-state index < -0.39 is 29.7 Å². The lowest BCUT2D eigenvalue weighted by molar-refractivity contribution is -0.128. The smallest absolute Gasteiger partial charge is 0.414 e. The van der Waals surface area contributed by atoms with Crippen LogP contribution in [-0.4, -0.2) is 29.7 Å². The molecule has 122 valence electrons. The van der Waals surface area contributed by atoms with Gasteiger partial charge in [0, 0.05) is 1.37 Å². The van der Waals surface area contributed by atoms with Crippen molar-refractivity contribution in [1.29, 1.82) is 0 Å². The maximum Gasteiger partial charge on any atom is 0.414 e. The second-order valence-electron chi connectivity index (χ2n) is 5.66. The van der Waals surface area contributed by atoms with Crippen molar-refractivity contribution in [3.63, 3.8) is 0 Å². The average molecular weight is 309 g/mol. The van der Waals surface area contributed by atoms with Gasteiger partial charge in [-0.2, -0.15) is 0 Å². The highest BCUT2D eigenvalue weighted by molar-refractivity contribution is 5.95. The van der Waals surface area contributed by atoms with Gasteiger partial charge in [-0.25, -0.2) is 4.79 Å². The summed E-state index contributed by atoms with van der Waals surface area (Å²) in [4.78, 5) is 23.5. The van der Waals surface area contributed by atoms with Crippen molar-refractivity contribution in [1.82, 2.24) is 5.32 Å². The molecule has 1 aromatic rings. The fourth-order valence-corrected chi connectivity index (χ4v) is 1.73. The van der Waals surface area contributed by atoms with Crippen LogP contribution in [0.2, 0.25) is 0 Å². The Morgan fingerprint density at radius 1 is 1.36 bits per heavy atom. The lowest BCUT2D eigenvalue weighted by Gasteiger charge is -2.28. The molecule has 0 aliphatic heterocycles. The Labute approximate surface area is 132 Å². The molecule has 0 fully saturated rings. The zero-order valence-electron chi connectivity index (χ0n) is 14.2. The molecule has 0 aromatic heterocycles. The lowest BCUT2D eigenvalue weighted by Crippen LogP contribution is -2.51. The van der Waals surface area contributed by atoms with Gasteiger partial charge in [-0.3, -0.25) is 10.1 Å². The van der Waals surface area contributed by atoms with Gasteiger partial charge >= 0.3 is 6.09 Å². The molecule has 6 heteroatoms. The minimum Gasteiger partial charge on any atom is -0.444 e. The van der Waals surface area contributed by atoms with Crippen molar-refractivity contribution < 1.29 is 20.4 Å². The number of imide groups is 1. The summed E-state index contributed by atoms with van der Waals surface area (Å²) in [6.07, 6.45) is -1.50. The molecule has 0 aliphatic rings. The first-order valence-corrected chi connectivity index (χ1v) is 6.99. The van der Waals surface area contributed by atoms with Gasteiger partial charge in [-0.15, -0.1) is 0 Å². The Balaban J connectivity index is 2.43. The maximum atomic E-state index is 11.9. The van der Waals surface area contributed by atoms with Crippen LogP contribution in [0.1, 0.15) is 34.6 Å². The first kappa shape index (κ1) is 16.5. The molecule has 22 heavy (non-hydrogen) atoms. The van der Waals surface area contributed by atoms with E-state index in [2.05, 4.69) is 5.32 Å². The van der Waals surface area contributed by atoms with Crippen molar-refractivity contribution in [2.24, 2.45) is 5.73 Å². The van der Waals surface area contributed by atoms with Crippen LogP contribution in [0.15, 0.2) is 30.3 Å². The van der Waals surface area contributed by atoms with Crippen LogP contribution in [0.3, 0.4) is 0 Å². The number of benzene rings is 1. The highest BCUT2D eigenvalue weighted by Gasteiger charge is 2.27. The van der Waals surface area contributed by atoms with E-state index in [0.717, 1.165) is 5.56 Å². The first-order valence-electron chi connectivity index (χ1n) is 7.70. The zero-order chi connectivity index (χ0) is 17.5. The molecule has 1 aromatic carbocycles. The Kier molecular flexibility index (Phi) is 5.91. The summed E-state index contributed by atoms with van der Waals surface area (Å²) in [5.74, 6) is -0.684. The van der Waals surface area contributed by atoms with Gasteiger partial charge in [-0.1, -0.05) is 30.3 Å². The number of nitrogens with one attached hydrogen (secondary N) is 1. The molecule has 0 unspecified atom stereocenters. The Hall–Kier alpha value is -1.92. The van der Waals surface area contributed by atoms with Gasteiger partial charge in [0.15, 0.2) is 0 Å². The van der Waals surface area contributed by atoms with E-state index in [4.69, 9.17) is 16.6 Å². The Morgan fingerprint density at radius 3 is 2.59 bits per heavy atom. The van der Waals surface area contributed by atoms with Crippen molar-refractivity contribution in [2.45, 2.75) is 52.0 Å². The van der Waals surface area contributed by atoms with E-state index in [9.17, 15) is 9.59 Å². The molecule has 6 nitrogen and oxygen atoms in total. The summed E-state index contributed by atoms with van der Waals surface area (Å²) < 4.78 is 17.9. The first-order chi connectivity index (χ1) is 10.7. The Morgan fingerprint density at radius 2 is 2.00 bits per heavy atom. The van der Waals surface area contributed by atoms with Crippen LogP contribution in [0.4, 0.5) is 4.79 Å². The highest BCUT2D eigenvalue weighted by Crippen LogP contribution is 2.12. The summed E-state index contributed by atoms with van der Waals surface area (Å²) in [5, 5.41) is 2.08. The third-order valence-corrected chi connectivity index (χ3v) is 2.75. The molecular weight excluding hydrogens is 284 g/mol. The SMILES string of the molecule is [2H]CC(C)(C)O[C@H](C)[C@H](N)C(=O)NC(=O)OCc1ccccc1. The van der Waals surface area contributed by atoms with Crippen molar-refractivity contribution in [3.05, 3.63) is 35.9 Å². The normalized spacial score (nSPS) is 14.6. The van der Waals surface area contributed by atoms with E-state index >= 15 is 0 Å². The zero-order valence-corrected chi connectivity index (χ0v) is 13.2. The molecule has 1 rings (SSSR count). The molecule has 2 atom stereocenters. The second kappa shape index (κ2) is 7.91. The number of rotatable bonds is 5. The quantitative estimate of drug-likeness (QED) is 0.868. The topological polar surface area (TPSA) is 90.6 Å². The number of nitrogens with two attached hydrogens (primary N) is 1. The van der Waals surface area contributed by atoms with E-state index in [1.54, 1.807) is 32.9 Å². The van der Waals surface area contributed by atoms with Gasteiger partial charge in [0.25, 0.3) is 0 Å². The summed E-state index contributed by atoms with van der Waals surface area (Å²) in [6.45, 7) is 5.18. The highest BCUT2D eigenvalue weighted by atomic mass is 16.5. The molecule has 0 bridgehead atoms.